The fourth-order valence-corrected chi connectivity index (χ4v) is 3.83. The molecule has 1 aliphatic heterocycles. The quantitative estimate of drug-likeness (QED) is 0.420. The van der Waals surface area contributed by atoms with Crippen molar-refractivity contribution in [2.45, 2.75) is 18.6 Å². The van der Waals surface area contributed by atoms with E-state index in [1.165, 1.54) is 12.3 Å². The molecule has 10 nitrogen and oxygen atoms in total. The second-order valence-electron chi connectivity index (χ2n) is 6.64. The summed E-state index contributed by atoms with van der Waals surface area (Å²) >= 11 is 1.58. The van der Waals surface area contributed by atoms with Crippen LogP contribution >= 0.6 is 11.8 Å². The molecule has 3 aromatic heterocycles. The fraction of sp³-hybridized carbons (Fsp3) is 0.421. The topological polar surface area (TPSA) is 118 Å². The summed E-state index contributed by atoms with van der Waals surface area (Å²) in [6.07, 6.45) is 3.26. The van der Waals surface area contributed by atoms with Gasteiger partial charge < -0.3 is 19.9 Å². The van der Waals surface area contributed by atoms with Gasteiger partial charge in [0.25, 0.3) is 11.5 Å². The number of rotatable bonds is 7. The van der Waals surface area contributed by atoms with Gasteiger partial charge in [0.1, 0.15) is 11.4 Å². The van der Waals surface area contributed by atoms with Crippen LogP contribution in [0.4, 0.5) is 5.82 Å². The van der Waals surface area contributed by atoms with Gasteiger partial charge in [-0.15, -0.1) is 0 Å². The first-order valence-corrected chi connectivity index (χ1v) is 10.8. The number of fused-ring (bicyclic) bond motifs is 1. The maximum atomic E-state index is 12.2. The maximum absolute atomic E-state index is 12.2. The SMILES string of the molecule is CCSc1nc(N2CCOCC2)c2cnn(CCNC(=O)c3ccc[nH]c3=O)c2n1. The van der Waals surface area contributed by atoms with E-state index in [0.717, 1.165) is 35.7 Å². The normalized spacial score (nSPS) is 14.2. The average molecular weight is 430 g/mol. The Bertz CT molecular complexity index is 1090. The lowest BCUT2D eigenvalue weighted by molar-refractivity contribution is 0.0950. The van der Waals surface area contributed by atoms with Crippen molar-refractivity contribution in [2.24, 2.45) is 0 Å². The number of nitrogens with one attached hydrogen (secondary N) is 2. The molecule has 1 saturated heterocycles. The van der Waals surface area contributed by atoms with Crippen molar-refractivity contribution in [3.8, 4) is 0 Å². The molecule has 0 bridgehead atoms. The number of ether oxygens (including phenoxy) is 1. The molecular weight excluding hydrogens is 406 g/mol. The Balaban J connectivity index is 1.54. The van der Waals surface area contributed by atoms with E-state index >= 15 is 0 Å². The second kappa shape index (κ2) is 9.26. The largest absolute Gasteiger partial charge is 0.378 e. The minimum Gasteiger partial charge on any atom is -0.378 e. The maximum Gasteiger partial charge on any atom is 0.260 e. The van der Waals surface area contributed by atoms with Gasteiger partial charge in [0, 0.05) is 25.8 Å². The van der Waals surface area contributed by atoms with Crippen LogP contribution < -0.4 is 15.8 Å². The summed E-state index contributed by atoms with van der Waals surface area (Å²) in [5, 5.41) is 8.81. The highest BCUT2D eigenvalue weighted by Gasteiger charge is 2.20. The van der Waals surface area contributed by atoms with Crippen molar-refractivity contribution in [3.63, 3.8) is 0 Å². The third kappa shape index (κ3) is 4.31. The molecular formula is C19H23N7O3S. The van der Waals surface area contributed by atoms with E-state index in [1.807, 2.05) is 0 Å². The highest BCUT2D eigenvalue weighted by Crippen LogP contribution is 2.27. The number of morpholine rings is 1. The van der Waals surface area contributed by atoms with Gasteiger partial charge in [0.05, 0.1) is 31.3 Å². The molecule has 0 radical (unpaired) electrons. The minimum atomic E-state index is -0.417. The van der Waals surface area contributed by atoms with Crippen molar-refractivity contribution in [3.05, 3.63) is 40.4 Å². The van der Waals surface area contributed by atoms with Crippen molar-refractivity contribution in [1.29, 1.82) is 0 Å². The standard InChI is InChI=1S/C19H23N7O3S/c1-2-30-19-23-15(25-8-10-29-11-9-25)14-12-22-26(16(14)24-19)7-6-21-18(28)13-4-3-5-20-17(13)27/h3-5,12H,2,6-11H2,1H3,(H,20,27)(H,21,28). The summed E-state index contributed by atoms with van der Waals surface area (Å²) in [7, 11) is 0. The van der Waals surface area contributed by atoms with E-state index in [-0.39, 0.29) is 5.56 Å². The summed E-state index contributed by atoms with van der Waals surface area (Å²) in [5.74, 6) is 1.31. The molecule has 0 spiro atoms. The number of H-pyrrole nitrogens is 1. The number of hydrogen-bond donors (Lipinski definition) is 2. The lowest BCUT2D eigenvalue weighted by atomic mass is 10.2. The highest BCUT2D eigenvalue weighted by molar-refractivity contribution is 7.99. The summed E-state index contributed by atoms with van der Waals surface area (Å²) in [5.41, 5.74) is 0.402. The van der Waals surface area contributed by atoms with Gasteiger partial charge in [-0.3, -0.25) is 9.59 Å². The van der Waals surface area contributed by atoms with Gasteiger partial charge in [0.2, 0.25) is 0 Å². The zero-order valence-electron chi connectivity index (χ0n) is 16.6. The molecule has 11 heteroatoms. The summed E-state index contributed by atoms with van der Waals surface area (Å²) in [6, 6.07) is 3.11. The molecule has 0 aromatic carbocycles. The first kappa shape index (κ1) is 20.4. The Kier molecular flexibility index (Phi) is 6.29. The van der Waals surface area contributed by atoms with Gasteiger partial charge in [-0.05, 0) is 17.9 Å². The summed E-state index contributed by atoms with van der Waals surface area (Å²) < 4.78 is 7.22. The monoisotopic (exact) mass is 429 g/mol. The lowest BCUT2D eigenvalue weighted by Gasteiger charge is -2.28. The van der Waals surface area contributed by atoms with Gasteiger partial charge in [-0.2, -0.15) is 5.10 Å². The van der Waals surface area contributed by atoms with Gasteiger partial charge in [-0.25, -0.2) is 14.6 Å². The number of aromatic nitrogens is 5. The van der Waals surface area contributed by atoms with Gasteiger partial charge >= 0.3 is 0 Å². The summed E-state index contributed by atoms with van der Waals surface area (Å²) in [4.78, 5) is 38.1. The predicted molar refractivity (Wildman–Crippen MR) is 114 cm³/mol. The molecule has 1 amide bonds. The van der Waals surface area contributed by atoms with E-state index < -0.39 is 11.5 Å². The van der Waals surface area contributed by atoms with Gasteiger partial charge in [0.15, 0.2) is 10.8 Å². The first-order chi connectivity index (χ1) is 14.7. The molecule has 30 heavy (non-hydrogen) atoms. The van der Waals surface area contributed by atoms with Crippen LogP contribution in [0.2, 0.25) is 0 Å². The lowest BCUT2D eigenvalue weighted by Crippen LogP contribution is -2.37. The number of nitrogens with zero attached hydrogens (tertiary/aromatic N) is 5. The van der Waals surface area contributed by atoms with Crippen LogP contribution in [0.1, 0.15) is 17.3 Å². The second-order valence-corrected chi connectivity index (χ2v) is 7.87. The van der Waals surface area contributed by atoms with Crippen LogP contribution in [0.5, 0.6) is 0 Å². The Labute approximate surface area is 177 Å². The molecule has 0 atom stereocenters. The van der Waals surface area contributed by atoms with E-state index in [0.29, 0.717) is 31.5 Å². The smallest absolute Gasteiger partial charge is 0.260 e. The Morgan fingerprint density at radius 3 is 2.93 bits per heavy atom. The van der Waals surface area contributed by atoms with E-state index in [2.05, 4.69) is 32.2 Å². The average Bonchev–Trinajstić information content (AvgIpc) is 3.17. The van der Waals surface area contributed by atoms with E-state index in [1.54, 1.807) is 28.7 Å². The van der Waals surface area contributed by atoms with Crippen LogP contribution in [-0.4, -0.2) is 69.2 Å². The number of thioether (sulfide) groups is 1. The van der Waals surface area contributed by atoms with Crippen molar-refractivity contribution in [1.82, 2.24) is 30.0 Å². The van der Waals surface area contributed by atoms with Crippen LogP contribution in [0, 0.1) is 0 Å². The Morgan fingerprint density at radius 1 is 1.33 bits per heavy atom. The van der Waals surface area contributed by atoms with Crippen LogP contribution in [0.3, 0.4) is 0 Å². The molecule has 3 aromatic rings. The molecule has 1 aliphatic rings. The number of pyridine rings is 1. The van der Waals surface area contributed by atoms with E-state index in [9.17, 15) is 9.59 Å². The number of carbonyl (C=O) groups is 1. The number of amides is 1. The molecule has 4 heterocycles. The van der Waals surface area contributed by atoms with Gasteiger partial charge in [-0.1, -0.05) is 18.7 Å². The Hall–Kier alpha value is -2.92. The number of anilines is 1. The molecule has 2 N–H and O–H groups in total. The number of carbonyl (C=O) groups excluding carboxylic acids is 1. The zero-order chi connectivity index (χ0) is 20.9. The molecule has 1 fully saturated rings. The molecule has 0 saturated carbocycles. The van der Waals surface area contributed by atoms with Crippen molar-refractivity contribution in [2.75, 3.05) is 43.5 Å². The molecule has 0 aliphatic carbocycles. The molecule has 4 rings (SSSR count). The van der Waals surface area contributed by atoms with Crippen LogP contribution in [-0.2, 0) is 11.3 Å². The molecule has 0 unspecified atom stereocenters. The number of aromatic amines is 1. The number of hydrogen-bond acceptors (Lipinski definition) is 8. The molecule has 158 valence electrons. The fourth-order valence-electron chi connectivity index (χ4n) is 3.27. The van der Waals surface area contributed by atoms with E-state index in [4.69, 9.17) is 9.72 Å². The third-order valence-electron chi connectivity index (χ3n) is 4.71. The highest BCUT2D eigenvalue weighted by atomic mass is 32.2. The third-order valence-corrected chi connectivity index (χ3v) is 5.44. The van der Waals surface area contributed by atoms with Crippen LogP contribution in [0.25, 0.3) is 11.0 Å². The van der Waals surface area contributed by atoms with Crippen molar-refractivity contribution >= 4 is 34.5 Å². The van der Waals surface area contributed by atoms with Crippen molar-refractivity contribution < 1.29 is 9.53 Å². The first-order valence-electron chi connectivity index (χ1n) is 9.82. The van der Waals surface area contributed by atoms with Crippen LogP contribution in [0.15, 0.2) is 34.5 Å². The zero-order valence-corrected chi connectivity index (χ0v) is 17.4. The Morgan fingerprint density at radius 2 is 2.17 bits per heavy atom. The minimum absolute atomic E-state index is 0.0846. The summed E-state index contributed by atoms with van der Waals surface area (Å²) in [6.45, 7) is 5.68. The predicted octanol–water partition coefficient (Wildman–Crippen LogP) is 0.893.